The molecule has 1 unspecified atom stereocenters. The first kappa shape index (κ1) is 22.3. The van der Waals surface area contributed by atoms with Gasteiger partial charge < -0.3 is 14.8 Å². The first-order chi connectivity index (χ1) is 17.5. The number of carbonyl (C=O) groups is 2. The molecule has 0 bridgehead atoms. The van der Waals surface area contributed by atoms with Crippen molar-refractivity contribution in [3.63, 3.8) is 0 Å². The van der Waals surface area contributed by atoms with Crippen molar-refractivity contribution in [1.82, 2.24) is 34.9 Å². The molecule has 2 aliphatic heterocycles. The van der Waals surface area contributed by atoms with Gasteiger partial charge in [0, 0.05) is 44.9 Å². The number of carbonyl (C=O) groups excluding carboxylic acids is 2. The molecule has 5 heterocycles. The quantitative estimate of drug-likeness (QED) is 0.614. The standard InChI is InChI=1S/C27H27N7O2/c1-27(10-4-6-18(15-27)24-32-31-23-8-5-12-34(23)24)30-25(35)22-14-20-17-33(13-9-19(20)16-29-22)26(36)21-7-2-3-11-28-21/h2-4,6-7,10-11,14,16H,5,8-9,12-13,15,17H2,1H3,(H,30,35). The van der Waals surface area contributed by atoms with Crippen molar-refractivity contribution < 1.29 is 9.59 Å². The summed E-state index contributed by atoms with van der Waals surface area (Å²) in [5.74, 6) is 1.56. The second-order valence-electron chi connectivity index (χ2n) is 9.82. The molecule has 3 aliphatic rings. The second kappa shape index (κ2) is 8.82. The lowest BCUT2D eigenvalue weighted by molar-refractivity contribution is 0.0728. The SMILES string of the molecule is CC1(NC(=O)c2cc3c(cn2)CCN(C(=O)c2ccccn2)C3)C=CC=C(c2nnc3n2CCC3)C1. The van der Waals surface area contributed by atoms with Crippen molar-refractivity contribution in [2.45, 2.75) is 51.2 Å². The fourth-order valence-electron chi connectivity index (χ4n) is 5.23. The molecule has 36 heavy (non-hydrogen) atoms. The van der Waals surface area contributed by atoms with E-state index in [1.807, 2.05) is 31.2 Å². The van der Waals surface area contributed by atoms with Crippen molar-refractivity contribution in [3.05, 3.63) is 89.1 Å². The van der Waals surface area contributed by atoms with Crippen LogP contribution < -0.4 is 5.32 Å². The van der Waals surface area contributed by atoms with Gasteiger partial charge in [0.25, 0.3) is 11.8 Å². The number of nitrogens with zero attached hydrogens (tertiary/aromatic N) is 6. The lowest BCUT2D eigenvalue weighted by atomic mass is 9.87. The summed E-state index contributed by atoms with van der Waals surface area (Å²) in [5.41, 5.74) is 3.25. The normalized spacial score (nSPS) is 20.5. The van der Waals surface area contributed by atoms with Crippen molar-refractivity contribution in [1.29, 1.82) is 0 Å². The molecule has 9 heteroatoms. The molecule has 0 saturated heterocycles. The van der Waals surface area contributed by atoms with Crippen molar-refractivity contribution in [2.24, 2.45) is 0 Å². The van der Waals surface area contributed by atoms with Crippen LogP contribution in [-0.4, -0.2) is 53.5 Å². The Kier molecular flexibility index (Phi) is 5.47. The number of aryl methyl sites for hydroxylation is 1. The first-order valence-corrected chi connectivity index (χ1v) is 12.3. The van der Waals surface area contributed by atoms with Crippen LogP contribution in [0.3, 0.4) is 0 Å². The Hall–Kier alpha value is -4.14. The third-order valence-electron chi connectivity index (χ3n) is 7.11. The maximum absolute atomic E-state index is 13.3. The average Bonchev–Trinajstić information content (AvgIpc) is 3.52. The van der Waals surface area contributed by atoms with Crippen LogP contribution in [0.2, 0.25) is 0 Å². The summed E-state index contributed by atoms with van der Waals surface area (Å²) in [6.45, 7) is 3.96. The largest absolute Gasteiger partial charge is 0.342 e. The van der Waals surface area contributed by atoms with E-state index in [1.54, 1.807) is 35.5 Å². The van der Waals surface area contributed by atoms with E-state index in [-0.39, 0.29) is 11.8 Å². The Morgan fingerprint density at radius 1 is 1.06 bits per heavy atom. The van der Waals surface area contributed by atoms with Gasteiger partial charge in [0.1, 0.15) is 17.2 Å². The second-order valence-corrected chi connectivity index (χ2v) is 9.82. The third kappa shape index (κ3) is 4.10. The minimum atomic E-state index is -0.579. The van der Waals surface area contributed by atoms with Crippen LogP contribution in [0.1, 0.15) is 63.5 Å². The molecular formula is C27H27N7O2. The van der Waals surface area contributed by atoms with E-state index in [0.29, 0.717) is 37.3 Å². The van der Waals surface area contributed by atoms with E-state index in [2.05, 4.69) is 30.0 Å². The van der Waals surface area contributed by atoms with Crippen LogP contribution >= 0.6 is 0 Å². The van der Waals surface area contributed by atoms with E-state index < -0.39 is 5.54 Å². The molecule has 1 aliphatic carbocycles. The highest BCUT2D eigenvalue weighted by Gasteiger charge is 2.31. The highest BCUT2D eigenvalue weighted by molar-refractivity contribution is 5.94. The van der Waals surface area contributed by atoms with Crippen LogP contribution in [0.25, 0.3) is 5.57 Å². The van der Waals surface area contributed by atoms with Gasteiger partial charge in [0.05, 0.1) is 5.54 Å². The predicted molar refractivity (Wildman–Crippen MR) is 133 cm³/mol. The number of pyridine rings is 2. The van der Waals surface area contributed by atoms with Crippen molar-refractivity contribution >= 4 is 17.4 Å². The average molecular weight is 482 g/mol. The molecule has 0 fully saturated rings. The van der Waals surface area contributed by atoms with Gasteiger partial charge in [-0.15, -0.1) is 10.2 Å². The van der Waals surface area contributed by atoms with E-state index in [1.165, 1.54) is 0 Å². The number of hydrogen-bond acceptors (Lipinski definition) is 6. The smallest absolute Gasteiger partial charge is 0.272 e. The van der Waals surface area contributed by atoms with E-state index >= 15 is 0 Å². The molecular weight excluding hydrogens is 454 g/mol. The lowest BCUT2D eigenvalue weighted by Gasteiger charge is -2.31. The summed E-state index contributed by atoms with van der Waals surface area (Å²) in [7, 11) is 0. The van der Waals surface area contributed by atoms with E-state index in [9.17, 15) is 9.59 Å². The topological polar surface area (TPSA) is 106 Å². The zero-order chi connectivity index (χ0) is 24.7. The Labute approximate surface area is 209 Å². The van der Waals surface area contributed by atoms with Crippen LogP contribution in [0.15, 0.2) is 54.9 Å². The number of hydrogen-bond donors (Lipinski definition) is 1. The summed E-state index contributed by atoms with van der Waals surface area (Å²) >= 11 is 0. The highest BCUT2D eigenvalue weighted by Crippen LogP contribution is 2.31. The van der Waals surface area contributed by atoms with Gasteiger partial charge in [-0.3, -0.25) is 19.6 Å². The molecule has 0 aromatic carbocycles. The number of allylic oxidation sites excluding steroid dienone is 2. The minimum absolute atomic E-state index is 0.108. The Balaban J connectivity index is 1.17. The van der Waals surface area contributed by atoms with Crippen LogP contribution in [-0.2, 0) is 25.9 Å². The van der Waals surface area contributed by atoms with E-state index in [4.69, 9.17) is 0 Å². The number of aromatic nitrogens is 5. The maximum Gasteiger partial charge on any atom is 0.272 e. The molecule has 9 nitrogen and oxygen atoms in total. The molecule has 2 amide bonds. The molecule has 6 rings (SSSR count). The number of fused-ring (bicyclic) bond motifs is 2. The zero-order valence-corrected chi connectivity index (χ0v) is 20.1. The Morgan fingerprint density at radius 2 is 1.97 bits per heavy atom. The number of rotatable bonds is 4. The van der Waals surface area contributed by atoms with Gasteiger partial charge in [-0.1, -0.05) is 24.3 Å². The molecule has 3 aromatic rings. The van der Waals surface area contributed by atoms with Gasteiger partial charge in [-0.05, 0) is 54.7 Å². The fraction of sp³-hybridized carbons (Fsp3) is 0.333. The van der Waals surface area contributed by atoms with Gasteiger partial charge in [-0.25, -0.2) is 0 Å². The van der Waals surface area contributed by atoms with Gasteiger partial charge in [-0.2, -0.15) is 0 Å². The summed E-state index contributed by atoms with van der Waals surface area (Å²) in [6, 6.07) is 7.12. The molecule has 0 spiro atoms. The van der Waals surface area contributed by atoms with Gasteiger partial charge in [0.2, 0.25) is 0 Å². The monoisotopic (exact) mass is 481 g/mol. The molecule has 1 N–H and O–H groups in total. The molecule has 182 valence electrons. The minimum Gasteiger partial charge on any atom is -0.342 e. The van der Waals surface area contributed by atoms with Crippen LogP contribution in [0.4, 0.5) is 0 Å². The molecule has 0 radical (unpaired) electrons. The van der Waals surface area contributed by atoms with Gasteiger partial charge in [0.15, 0.2) is 5.82 Å². The first-order valence-electron chi connectivity index (χ1n) is 12.3. The summed E-state index contributed by atoms with van der Waals surface area (Å²) in [5, 5.41) is 11.9. The summed E-state index contributed by atoms with van der Waals surface area (Å²) in [6.07, 6.45) is 12.8. The van der Waals surface area contributed by atoms with Gasteiger partial charge >= 0.3 is 0 Å². The summed E-state index contributed by atoms with van der Waals surface area (Å²) in [4.78, 5) is 36.5. The maximum atomic E-state index is 13.3. The lowest BCUT2D eigenvalue weighted by Crippen LogP contribution is -2.45. The van der Waals surface area contributed by atoms with Crippen molar-refractivity contribution in [2.75, 3.05) is 6.54 Å². The Morgan fingerprint density at radius 3 is 2.83 bits per heavy atom. The predicted octanol–water partition coefficient (Wildman–Crippen LogP) is 2.74. The van der Waals surface area contributed by atoms with Crippen LogP contribution in [0.5, 0.6) is 0 Å². The highest BCUT2D eigenvalue weighted by atomic mass is 16.2. The Bertz CT molecular complexity index is 1410. The molecule has 0 saturated carbocycles. The number of nitrogens with one attached hydrogen (secondary N) is 1. The summed E-state index contributed by atoms with van der Waals surface area (Å²) < 4.78 is 2.18. The zero-order valence-electron chi connectivity index (χ0n) is 20.1. The fourth-order valence-corrected chi connectivity index (χ4v) is 5.23. The van der Waals surface area contributed by atoms with Crippen LogP contribution in [0, 0.1) is 0 Å². The third-order valence-corrected chi connectivity index (χ3v) is 7.11. The van der Waals surface area contributed by atoms with Crippen molar-refractivity contribution in [3.8, 4) is 0 Å². The molecule has 3 aromatic heterocycles. The molecule has 1 atom stereocenters. The van der Waals surface area contributed by atoms with E-state index in [0.717, 1.165) is 47.7 Å². The number of amides is 2.